The van der Waals surface area contributed by atoms with Crippen molar-refractivity contribution in [2.75, 3.05) is 38.0 Å². The normalized spacial score (nSPS) is 20.9. The molecule has 0 unspecified atom stereocenters. The van der Waals surface area contributed by atoms with E-state index in [-0.39, 0.29) is 24.2 Å². The van der Waals surface area contributed by atoms with Crippen LogP contribution in [0, 0.1) is 18.8 Å². The molecule has 6 nitrogen and oxygen atoms in total. The summed E-state index contributed by atoms with van der Waals surface area (Å²) < 4.78 is 4.98. The van der Waals surface area contributed by atoms with E-state index in [1.165, 1.54) is 19.4 Å². The number of likely N-dealkylation sites (tertiary alicyclic amines) is 1. The van der Waals surface area contributed by atoms with Gasteiger partial charge in [-0.1, -0.05) is 5.16 Å². The fourth-order valence-corrected chi connectivity index (χ4v) is 3.46. The van der Waals surface area contributed by atoms with Crippen LogP contribution in [0.5, 0.6) is 0 Å². The lowest BCUT2D eigenvalue weighted by atomic mass is 9.93. The van der Waals surface area contributed by atoms with Crippen LogP contribution < -0.4 is 10.6 Å². The molecule has 0 aromatic carbocycles. The van der Waals surface area contributed by atoms with Gasteiger partial charge >= 0.3 is 0 Å². The summed E-state index contributed by atoms with van der Waals surface area (Å²) >= 11 is 0. The Balaban J connectivity index is 0.00000192. The summed E-state index contributed by atoms with van der Waals surface area (Å²) in [5, 5.41) is 10.1. The molecular weight excluding hydrogens is 316 g/mol. The van der Waals surface area contributed by atoms with Gasteiger partial charge in [0.05, 0.1) is 0 Å². The number of nitrogens with zero attached hydrogens (tertiary/aromatic N) is 2. The molecule has 2 saturated heterocycles. The number of carbonyl (C=O) groups is 1. The molecule has 1 amide bonds. The van der Waals surface area contributed by atoms with E-state index in [1.807, 2.05) is 6.92 Å². The minimum atomic E-state index is 0. The third-order valence-electron chi connectivity index (χ3n) is 4.81. The predicted octanol–water partition coefficient (Wildman–Crippen LogP) is 2.05. The van der Waals surface area contributed by atoms with E-state index in [1.54, 1.807) is 6.07 Å². The van der Waals surface area contributed by atoms with E-state index in [9.17, 15) is 4.79 Å². The predicted molar refractivity (Wildman–Crippen MR) is 91.9 cm³/mol. The molecule has 1 aromatic heterocycles. The molecule has 2 fully saturated rings. The maximum Gasteiger partial charge on any atom is 0.228 e. The Morgan fingerprint density at radius 3 is 2.65 bits per heavy atom. The number of hydrogen-bond acceptors (Lipinski definition) is 5. The lowest BCUT2D eigenvalue weighted by molar-refractivity contribution is -0.121. The number of nitrogens with one attached hydrogen (secondary N) is 2. The lowest BCUT2D eigenvalue weighted by Crippen LogP contribution is -2.42. The second-order valence-corrected chi connectivity index (χ2v) is 6.58. The number of halogens is 1. The Kier molecular flexibility index (Phi) is 6.87. The zero-order chi connectivity index (χ0) is 15.4. The van der Waals surface area contributed by atoms with Crippen molar-refractivity contribution < 1.29 is 9.32 Å². The van der Waals surface area contributed by atoms with Crippen molar-refractivity contribution in [3.8, 4) is 0 Å². The van der Waals surface area contributed by atoms with E-state index >= 15 is 0 Å². The molecular formula is C16H27ClN4O2. The van der Waals surface area contributed by atoms with Gasteiger partial charge in [0.15, 0.2) is 5.82 Å². The van der Waals surface area contributed by atoms with Gasteiger partial charge in [0.1, 0.15) is 5.76 Å². The van der Waals surface area contributed by atoms with Crippen LogP contribution >= 0.6 is 12.4 Å². The molecule has 2 aliphatic heterocycles. The molecule has 3 rings (SSSR count). The Hall–Kier alpha value is -1.11. The lowest BCUT2D eigenvalue weighted by Gasteiger charge is -2.34. The summed E-state index contributed by atoms with van der Waals surface area (Å²) in [5.41, 5.74) is 0. The van der Waals surface area contributed by atoms with Crippen LogP contribution in [0.3, 0.4) is 0 Å². The van der Waals surface area contributed by atoms with E-state index < -0.39 is 0 Å². The van der Waals surface area contributed by atoms with Crippen LogP contribution in [-0.2, 0) is 4.79 Å². The average Bonchev–Trinajstić information content (AvgIpc) is 2.94. The summed E-state index contributed by atoms with van der Waals surface area (Å²) in [4.78, 5) is 14.8. The zero-order valence-electron chi connectivity index (χ0n) is 13.7. The average molecular weight is 343 g/mol. The minimum Gasteiger partial charge on any atom is -0.360 e. The van der Waals surface area contributed by atoms with Crippen molar-refractivity contribution in [3.05, 3.63) is 11.8 Å². The van der Waals surface area contributed by atoms with Crippen molar-refractivity contribution in [1.82, 2.24) is 15.4 Å². The van der Waals surface area contributed by atoms with Crippen molar-refractivity contribution in [2.24, 2.45) is 11.8 Å². The molecule has 0 spiro atoms. The number of hydrogen-bond donors (Lipinski definition) is 2. The van der Waals surface area contributed by atoms with E-state index in [0.717, 1.165) is 44.9 Å². The number of rotatable bonds is 4. The van der Waals surface area contributed by atoms with Crippen molar-refractivity contribution in [1.29, 1.82) is 0 Å². The van der Waals surface area contributed by atoms with Gasteiger partial charge in [-0.2, -0.15) is 0 Å². The third-order valence-corrected chi connectivity index (χ3v) is 4.81. The molecule has 2 aliphatic rings. The minimum absolute atomic E-state index is 0. The smallest absolute Gasteiger partial charge is 0.228 e. The van der Waals surface area contributed by atoms with Crippen LogP contribution in [0.2, 0.25) is 0 Å². The van der Waals surface area contributed by atoms with Crippen molar-refractivity contribution in [3.63, 3.8) is 0 Å². The Labute approximate surface area is 143 Å². The van der Waals surface area contributed by atoms with Gasteiger partial charge in [-0.15, -0.1) is 12.4 Å². The number of anilines is 1. The SMILES string of the molecule is Cc1cc(NC(=O)C2CCN(CC3CCNCC3)CC2)no1.Cl. The van der Waals surface area contributed by atoms with Gasteiger partial charge < -0.3 is 20.1 Å². The molecule has 130 valence electrons. The maximum atomic E-state index is 12.3. The Morgan fingerprint density at radius 1 is 1.35 bits per heavy atom. The number of carbonyl (C=O) groups excluding carboxylic acids is 1. The molecule has 7 heteroatoms. The molecule has 2 N–H and O–H groups in total. The first kappa shape index (κ1) is 18.2. The summed E-state index contributed by atoms with van der Waals surface area (Å²) in [6, 6.07) is 1.75. The number of amides is 1. The van der Waals surface area contributed by atoms with Gasteiger partial charge in [0, 0.05) is 18.5 Å². The first-order valence-electron chi connectivity index (χ1n) is 8.38. The number of aromatic nitrogens is 1. The van der Waals surface area contributed by atoms with Crippen LogP contribution in [0.25, 0.3) is 0 Å². The molecule has 0 atom stereocenters. The number of aryl methyl sites for hydroxylation is 1. The van der Waals surface area contributed by atoms with Gasteiger partial charge in [-0.05, 0) is 64.7 Å². The molecule has 3 heterocycles. The summed E-state index contributed by atoms with van der Waals surface area (Å²) in [5.74, 6) is 2.24. The highest BCUT2D eigenvalue weighted by Gasteiger charge is 2.27. The quantitative estimate of drug-likeness (QED) is 0.876. The van der Waals surface area contributed by atoms with E-state index in [0.29, 0.717) is 11.6 Å². The van der Waals surface area contributed by atoms with Gasteiger partial charge in [-0.25, -0.2) is 0 Å². The molecule has 0 saturated carbocycles. The van der Waals surface area contributed by atoms with Gasteiger partial charge in [0.25, 0.3) is 0 Å². The van der Waals surface area contributed by atoms with Crippen LogP contribution in [0.15, 0.2) is 10.6 Å². The standard InChI is InChI=1S/C16H26N4O2.ClH/c1-12-10-15(19-22-12)18-16(21)14-4-8-20(9-5-14)11-13-2-6-17-7-3-13;/h10,13-14,17H,2-9,11H2,1H3,(H,18,19,21);1H. The Bertz CT molecular complexity index is 494. The second-order valence-electron chi connectivity index (χ2n) is 6.58. The monoisotopic (exact) mass is 342 g/mol. The molecule has 1 aromatic rings. The fourth-order valence-electron chi connectivity index (χ4n) is 3.46. The summed E-state index contributed by atoms with van der Waals surface area (Å²) in [6.07, 6.45) is 4.44. The first-order chi connectivity index (χ1) is 10.7. The van der Waals surface area contributed by atoms with Crippen molar-refractivity contribution >= 4 is 24.1 Å². The summed E-state index contributed by atoms with van der Waals surface area (Å²) in [7, 11) is 0. The second kappa shape index (κ2) is 8.66. The largest absolute Gasteiger partial charge is 0.360 e. The van der Waals surface area contributed by atoms with Gasteiger partial charge in [0.2, 0.25) is 5.91 Å². The van der Waals surface area contributed by atoms with Gasteiger partial charge in [-0.3, -0.25) is 4.79 Å². The van der Waals surface area contributed by atoms with Crippen LogP contribution in [0.1, 0.15) is 31.4 Å². The molecule has 0 aliphatic carbocycles. The van der Waals surface area contributed by atoms with Crippen LogP contribution in [0.4, 0.5) is 5.82 Å². The van der Waals surface area contributed by atoms with E-state index in [4.69, 9.17) is 4.52 Å². The maximum absolute atomic E-state index is 12.3. The molecule has 23 heavy (non-hydrogen) atoms. The topological polar surface area (TPSA) is 70.4 Å². The first-order valence-corrected chi connectivity index (χ1v) is 8.38. The molecule has 0 bridgehead atoms. The zero-order valence-corrected chi connectivity index (χ0v) is 14.5. The third kappa shape index (κ3) is 5.19. The van der Waals surface area contributed by atoms with Crippen LogP contribution in [-0.4, -0.2) is 48.7 Å². The Morgan fingerprint density at radius 2 is 2.04 bits per heavy atom. The highest BCUT2D eigenvalue weighted by molar-refractivity contribution is 5.91. The van der Waals surface area contributed by atoms with E-state index in [2.05, 4.69) is 20.7 Å². The highest BCUT2D eigenvalue weighted by Crippen LogP contribution is 2.22. The molecule has 0 radical (unpaired) electrons. The highest BCUT2D eigenvalue weighted by atomic mass is 35.5. The summed E-state index contributed by atoms with van der Waals surface area (Å²) in [6.45, 7) is 7.38. The fraction of sp³-hybridized carbons (Fsp3) is 0.750. The van der Waals surface area contributed by atoms with Crippen molar-refractivity contribution in [2.45, 2.75) is 32.6 Å². The number of piperidine rings is 2.